The lowest BCUT2D eigenvalue weighted by atomic mass is 10.1. The van der Waals surface area contributed by atoms with E-state index in [0.29, 0.717) is 19.0 Å². The summed E-state index contributed by atoms with van der Waals surface area (Å²) in [6.07, 6.45) is 0. The number of fused-ring (bicyclic) bond motifs is 2. The fourth-order valence-corrected chi connectivity index (χ4v) is 3.35. The number of benzene rings is 3. The molecule has 5 nitrogen and oxygen atoms in total. The van der Waals surface area contributed by atoms with Crippen molar-refractivity contribution in [3.63, 3.8) is 0 Å². The molecule has 0 unspecified atom stereocenters. The second-order valence-corrected chi connectivity index (χ2v) is 6.94. The van der Waals surface area contributed by atoms with Gasteiger partial charge < -0.3 is 13.9 Å². The van der Waals surface area contributed by atoms with Crippen molar-refractivity contribution in [2.75, 3.05) is 18.6 Å². The van der Waals surface area contributed by atoms with Gasteiger partial charge in [0.05, 0.1) is 11.0 Å². The highest BCUT2D eigenvalue weighted by Gasteiger charge is 2.14. The summed E-state index contributed by atoms with van der Waals surface area (Å²) in [5.41, 5.74) is 6.90. The Balaban J connectivity index is 1.64. The van der Waals surface area contributed by atoms with Crippen molar-refractivity contribution < 1.29 is 13.9 Å². The molecule has 0 saturated heterocycles. The van der Waals surface area contributed by atoms with Crippen LogP contribution in [0.5, 0.6) is 11.5 Å². The van der Waals surface area contributed by atoms with Crippen LogP contribution >= 0.6 is 0 Å². The first-order chi connectivity index (χ1) is 14.3. The van der Waals surface area contributed by atoms with E-state index in [4.69, 9.17) is 13.9 Å². The molecule has 0 saturated carbocycles. The summed E-state index contributed by atoms with van der Waals surface area (Å²) in [7, 11) is 0. The minimum atomic E-state index is 0.548. The van der Waals surface area contributed by atoms with Crippen molar-refractivity contribution in [2.24, 2.45) is 5.10 Å². The number of ether oxygens (including phenoxy) is 2. The van der Waals surface area contributed by atoms with Gasteiger partial charge in [-0.05, 0) is 49.4 Å². The fraction of sp³-hybridized carbons (Fsp3) is 0.125. The summed E-state index contributed by atoms with van der Waals surface area (Å²) in [5.74, 6) is 2.20. The summed E-state index contributed by atoms with van der Waals surface area (Å²) in [5, 5.41) is 6.42. The Bertz CT molecular complexity index is 1250. The highest BCUT2D eigenvalue weighted by atomic mass is 16.6. The van der Waals surface area contributed by atoms with Gasteiger partial charge in [0, 0.05) is 17.0 Å². The fourth-order valence-electron chi connectivity index (χ4n) is 3.35. The number of nitrogens with zero attached hydrogens (tertiary/aromatic N) is 1. The number of para-hydroxylation sites is 1. The van der Waals surface area contributed by atoms with Crippen LogP contribution in [0.4, 0.5) is 5.69 Å². The average Bonchev–Trinajstić information content (AvgIpc) is 2.78. The lowest BCUT2D eigenvalue weighted by Gasteiger charge is -2.18. The maximum atomic E-state index is 6.20. The van der Waals surface area contributed by atoms with Crippen molar-refractivity contribution in [2.45, 2.75) is 6.92 Å². The number of aryl methyl sites for hydroxylation is 1. The van der Waals surface area contributed by atoms with E-state index in [9.17, 15) is 0 Å². The van der Waals surface area contributed by atoms with Crippen LogP contribution in [0.2, 0.25) is 0 Å². The summed E-state index contributed by atoms with van der Waals surface area (Å²) < 4.78 is 17.5. The van der Waals surface area contributed by atoms with Gasteiger partial charge >= 0.3 is 0 Å². The van der Waals surface area contributed by atoms with E-state index in [-0.39, 0.29) is 0 Å². The Hall–Kier alpha value is -3.73. The number of rotatable bonds is 3. The van der Waals surface area contributed by atoms with E-state index in [0.717, 1.165) is 44.6 Å². The lowest BCUT2D eigenvalue weighted by Crippen LogP contribution is -2.15. The topological polar surface area (TPSA) is 56.0 Å². The Morgan fingerprint density at radius 1 is 0.828 bits per heavy atom. The predicted octanol–water partition coefficient (Wildman–Crippen LogP) is 5.11. The first kappa shape index (κ1) is 17.4. The van der Waals surface area contributed by atoms with Crippen LogP contribution in [-0.2, 0) is 0 Å². The minimum absolute atomic E-state index is 0.548. The molecular formula is C24H20N2O3. The first-order valence-corrected chi connectivity index (χ1v) is 9.56. The zero-order valence-electron chi connectivity index (χ0n) is 16.0. The monoisotopic (exact) mass is 384 g/mol. The van der Waals surface area contributed by atoms with E-state index in [1.807, 2.05) is 66.7 Å². The molecule has 1 aliphatic heterocycles. The van der Waals surface area contributed by atoms with Gasteiger partial charge in [-0.1, -0.05) is 29.8 Å². The molecule has 5 rings (SSSR count). The quantitative estimate of drug-likeness (QED) is 0.499. The minimum Gasteiger partial charge on any atom is -0.486 e. The summed E-state index contributed by atoms with van der Waals surface area (Å²) in [6, 6.07) is 23.8. The molecule has 29 heavy (non-hydrogen) atoms. The Kier molecular flexibility index (Phi) is 4.41. The second kappa shape index (κ2) is 7.36. The second-order valence-electron chi connectivity index (χ2n) is 6.94. The van der Waals surface area contributed by atoms with Gasteiger partial charge in [0.15, 0.2) is 11.5 Å². The summed E-state index contributed by atoms with van der Waals surface area (Å²) in [6.45, 7) is 3.18. The van der Waals surface area contributed by atoms with Crippen LogP contribution in [0.1, 0.15) is 5.56 Å². The molecule has 2 heterocycles. The highest BCUT2D eigenvalue weighted by Crippen LogP contribution is 2.34. The van der Waals surface area contributed by atoms with Gasteiger partial charge in [-0.3, -0.25) is 5.43 Å². The number of nitrogens with one attached hydrogen (secondary N) is 1. The van der Waals surface area contributed by atoms with Gasteiger partial charge in [-0.15, -0.1) is 0 Å². The molecule has 5 heteroatoms. The molecular weight excluding hydrogens is 364 g/mol. The van der Waals surface area contributed by atoms with E-state index in [1.54, 1.807) is 0 Å². The molecule has 3 aromatic carbocycles. The molecule has 4 aromatic rings. The molecule has 0 spiro atoms. The Morgan fingerprint density at radius 2 is 1.66 bits per heavy atom. The lowest BCUT2D eigenvalue weighted by molar-refractivity contribution is 0.171. The molecule has 1 N–H and O–H groups in total. The van der Waals surface area contributed by atoms with Crippen LogP contribution in [0.15, 0.2) is 82.3 Å². The SMILES string of the molecule is Cc1ccc2oc(-c3ccc4c(c3)OCCO4)cc(=NNc3ccccc3)c2c1. The summed E-state index contributed by atoms with van der Waals surface area (Å²) >= 11 is 0. The van der Waals surface area contributed by atoms with Gasteiger partial charge in [-0.2, -0.15) is 5.10 Å². The Morgan fingerprint density at radius 3 is 2.52 bits per heavy atom. The van der Waals surface area contributed by atoms with Crippen LogP contribution in [0.3, 0.4) is 0 Å². The van der Waals surface area contributed by atoms with E-state index in [2.05, 4.69) is 23.5 Å². The van der Waals surface area contributed by atoms with Gasteiger partial charge in [0.1, 0.15) is 24.6 Å². The summed E-state index contributed by atoms with van der Waals surface area (Å²) in [4.78, 5) is 0. The third kappa shape index (κ3) is 3.55. The maximum absolute atomic E-state index is 6.20. The standard InChI is InChI=1S/C24H20N2O3/c1-16-7-9-21-19(13-16)20(26-25-18-5-3-2-4-6-18)15-23(29-21)17-8-10-22-24(14-17)28-12-11-27-22/h2-10,13-15,25H,11-12H2,1H3. The van der Waals surface area contributed by atoms with Crippen molar-refractivity contribution in [1.29, 1.82) is 0 Å². The number of anilines is 1. The third-order valence-corrected chi connectivity index (χ3v) is 4.80. The molecule has 1 aromatic heterocycles. The third-order valence-electron chi connectivity index (χ3n) is 4.80. The molecule has 1 aliphatic rings. The van der Waals surface area contributed by atoms with E-state index >= 15 is 0 Å². The molecule has 0 amide bonds. The van der Waals surface area contributed by atoms with Crippen molar-refractivity contribution in [3.05, 3.63) is 83.7 Å². The molecule has 0 radical (unpaired) electrons. The predicted molar refractivity (Wildman–Crippen MR) is 113 cm³/mol. The van der Waals surface area contributed by atoms with Gasteiger partial charge in [0.25, 0.3) is 0 Å². The van der Waals surface area contributed by atoms with Crippen molar-refractivity contribution in [3.8, 4) is 22.8 Å². The number of hydrogen-bond donors (Lipinski definition) is 1. The van der Waals surface area contributed by atoms with Gasteiger partial charge in [0.2, 0.25) is 0 Å². The molecule has 0 aliphatic carbocycles. The first-order valence-electron chi connectivity index (χ1n) is 9.56. The van der Waals surface area contributed by atoms with E-state index < -0.39 is 0 Å². The average molecular weight is 384 g/mol. The smallest absolute Gasteiger partial charge is 0.162 e. The zero-order valence-corrected chi connectivity index (χ0v) is 16.0. The van der Waals surface area contributed by atoms with Crippen molar-refractivity contribution in [1.82, 2.24) is 0 Å². The van der Waals surface area contributed by atoms with E-state index in [1.165, 1.54) is 0 Å². The largest absolute Gasteiger partial charge is 0.486 e. The molecule has 0 bridgehead atoms. The zero-order chi connectivity index (χ0) is 19.6. The van der Waals surface area contributed by atoms with Crippen LogP contribution in [0.25, 0.3) is 22.3 Å². The van der Waals surface area contributed by atoms with Crippen LogP contribution in [-0.4, -0.2) is 13.2 Å². The Labute approximate surface area is 168 Å². The number of hydrogen-bond acceptors (Lipinski definition) is 5. The maximum Gasteiger partial charge on any atom is 0.162 e. The van der Waals surface area contributed by atoms with Gasteiger partial charge in [-0.25, -0.2) is 0 Å². The normalized spacial score (nSPS) is 13.5. The van der Waals surface area contributed by atoms with Crippen LogP contribution in [0, 0.1) is 6.92 Å². The highest BCUT2D eigenvalue weighted by molar-refractivity contribution is 5.79. The molecule has 0 atom stereocenters. The van der Waals surface area contributed by atoms with Crippen LogP contribution < -0.4 is 20.3 Å². The molecule has 0 fully saturated rings. The molecule has 144 valence electrons. The van der Waals surface area contributed by atoms with Crippen molar-refractivity contribution >= 4 is 16.7 Å².